The summed E-state index contributed by atoms with van der Waals surface area (Å²) in [6, 6.07) is 1.92. The second-order valence-electron chi connectivity index (χ2n) is 6.57. The first-order chi connectivity index (χ1) is 11.4. The van der Waals surface area contributed by atoms with Crippen molar-refractivity contribution >= 4 is 5.91 Å². The molecule has 1 unspecified atom stereocenters. The number of rotatable bonds is 4. The van der Waals surface area contributed by atoms with Crippen molar-refractivity contribution in [3.63, 3.8) is 0 Å². The fourth-order valence-corrected chi connectivity index (χ4v) is 3.01. The fraction of sp³-hybridized carbons (Fsp3) is 0.529. The lowest BCUT2D eigenvalue weighted by Crippen LogP contribution is -2.35. The van der Waals surface area contributed by atoms with Crippen molar-refractivity contribution in [3.05, 3.63) is 41.5 Å². The minimum atomic E-state index is -1.14. The van der Waals surface area contributed by atoms with Gasteiger partial charge in [0.2, 0.25) is 0 Å². The normalized spacial score (nSPS) is 20.8. The lowest BCUT2D eigenvalue weighted by atomic mass is 10.00. The van der Waals surface area contributed by atoms with Crippen LogP contribution in [0.1, 0.15) is 54.8 Å². The third kappa shape index (κ3) is 2.91. The molecule has 0 saturated carbocycles. The van der Waals surface area contributed by atoms with Gasteiger partial charge in [0.25, 0.3) is 5.91 Å². The van der Waals surface area contributed by atoms with Crippen LogP contribution in [0.2, 0.25) is 0 Å². The Labute approximate surface area is 141 Å². The van der Waals surface area contributed by atoms with Gasteiger partial charge in [-0.15, -0.1) is 5.10 Å². The predicted octanol–water partition coefficient (Wildman–Crippen LogP) is 1.55. The quantitative estimate of drug-likeness (QED) is 0.920. The van der Waals surface area contributed by atoms with Gasteiger partial charge in [-0.25, -0.2) is 4.68 Å². The zero-order chi connectivity index (χ0) is 17.3. The monoisotopic (exact) mass is 329 g/mol. The summed E-state index contributed by atoms with van der Waals surface area (Å²) < 4.78 is 1.72. The lowest BCUT2D eigenvalue weighted by molar-refractivity contribution is 0.0381. The van der Waals surface area contributed by atoms with E-state index in [1.807, 2.05) is 20.8 Å². The molecule has 24 heavy (non-hydrogen) atoms. The van der Waals surface area contributed by atoms with E-state index in [-0.39, 0.29) is 18.5 Å². The van der Waals surface area contributed by atoms with Crippen LogP contribution in [0.15, 0.2) is 24.7 Å². The van der Waals surface area contributed by atoms with Crippen molar-refractivity contribution in [3.8, 4) is 0 Å². The van der Waals surface area contributed by atoms with E-state index in [1.54, 1.807) is 34.2 Å². The Kier molecular flexibility index (Phi) is 4.36. The summed E-state index contributed by atoms with van der Waals surface area (Å²) in [5, 5.41) is 19.1. The van der Waals surface area contributed by atoms with Crippen molar-refractivity contribution in [1.29, 1.82) is 0 Å². The average Bonchev–Trinajstić information content (AvgIpc) is 3.22. The minimum absolute atomic E-state index is 0.0681. The largest absolute Gasteiger partial charge is 0.381 e. The Bertz CT molecular complexity index is 742. The number of aliphatic hydroxyl groups is 1. The molecule has 128 valence electrons. The molecule has 3 rings (SSSR count). The summed E-state index contributed by atoms with van der Waals surface area (Å²) in [6.07, 6.45) is 6.33. The van der Waals surface area contributed by atoms with Crippen LogP contribution in [-0.2, 0) is 12.0 Å². The van der Waals surface area contributed by atoms with E-state index < -0.39 is 5.60 Å². The van der Waals surface area contributed by atoms with E-state index in [1.165, 1.54) is 0 Å². The summed E-state index contributed by atoms with van der Waals surface area (Å²) in [4.78, 5) is 18.6. The van der Waals surface area contributed by atoms with Crippen LogP contribution in [0.5, 0.6) is 0 Å². The second-order valence-corrected chi connectivity index (χ2v) is 6.57. The molecule has 0 radical (unpaired) electrons. The highest BCUT2D eigenvalue weighted by Crippen LogP contribution is 2.32. The molecule has 1 aliphatic heterocycles. The lowest BCUT2D eigenvalue weighted by Gasteiger charge is -2.22. The van der Waals surface area contributed by atoms with Crippen LogP contribution in [0, 0.1) is 0 Å². The molecule has 7 heteroatoms. The van der Waals surface area contributed by atoms with E-state index in [2.05, 4.69) is 15.3 Å². The van der Waals surface area contributed by atoms with E-state index >= 15 is 0 Å². The van der Waals surface area contributed by atoms with Gasteiger partial charge in [0.05, 0.1) is 12.7 Å². The molecule has 7 nitrogen and oxygen atoms in total. The number of carbonyl (C=O) groups excluding carboxylic acids is 1. The van der Waals surface area contributed by atoms with Crippen LogP contribution >= 0.6 is 0 Å². The van der Waals surface area contributed by atoms with Crippen LogP contribution in [0.4, 0.5) is 0 Å². The van der Waals surface area contributed by atoms with Gasteiger partial charge in [-0.2, -0.15) is 0 Å². The number of aryl methyl sites for hydroxylation is 1. The number of likely N-dealkylation sites (tertiary alicyclic amines) is 1. The maximum atomic E-state index is 12.8. The molecule has 1 N–H and O–H groups in total. The van der Waals surface area contributed by atoms with Gasteiger partial charge < -0.3 is 10.0 Å². The van der Waals surface area contributed by atoms with E-state index in [0.29, 0.717) is 24.2 Å². The Morgan fingerprint density at radius 1 is 1.46 bits per heavy atom. The SMILES string of the molecule is CCc1cnccc1C(=O)N1CCC(O)(c2cn(C(C)C)nn2)C1. The molecular weight excluding hydrogens is 306 g/mol. The maximum Gasteiger partial charge on any atom is 0.254 e. The number of hydrogen-bond donors (Lipinski definition) is 1. The van der Waals surface area contributed by atoms with Crippen molar-refractivity contribution in [2.24, 2.45) is 0 Å². The number of pyridine rings is 1. The number of nitrogens with zero attached hydrogens (tertiary/aromatic N) is 5. The molecule has 0 aromatic carbocycles. The van der Waals surface area contributed by atoms with Crippen molar-refractivity contribution in [2.75, 3.05) is 13.1 Å². The molecule has 1 atom stereocenters. The number of β-amino-alcohol motifs (C(OH)–C–C–N with tert-alkyl or cyclic N) is 1. The van der Waals surface area contributed by atoms with Crippen LogP contribution in [0.3, 0.4) is 0 Å². The molecule has 0 bridgehead atoms. The number of hydrogen-bond acceptors (Lipinski definition) is 5. The Balaban J connectivity index is 1.80. The highest BCUT2D eigenvalue weighted by molar-refractivity contribution is 5.95. The van der Waals surface area contributed by atoms with Gasteiger partial charge in [0.15, 0.2) is 0 Å². The average molecular weight is 329 g/mol. The standard InChI is InChI=1S/C17H23N5O2/c1-4-13-9-18-7-5-14(13)16(23)21-8-6-17(24,11-21)15-10-22(12(2)3)20-19-15/h5,7,9-10,12,24H,4,6,8,11H2,1-3H3. The molecule has 1 fully saturated rings. The van der Waals surface area contributed by atoms with E-state index in [0.717, 1.165) is 12.0 Å². The van der Waals surface area contributed by atoms with Gasteiger partial charge in [-0.1, -0.05) is 12.1 Å². The summed E-state index contributed by atoms with van der Waals surface area (Å²) in [7, 11) is 0. The molecule has 1 amide bonds. The van der Waals surface area contributed by atoms with Gasteiger partial charge in [-0.3, -0.25) is 9.78 Å². The molecule has 2 aromatic rings. The predicted molar refractivity (Wildman–Crippen MR) is 88.4 cm³/mol. The summed E-state index contributed by atoms with van der Waals surface area (Å²) in [5.74, 6) is -0.0681. The Morgan fingerprint density at radius 2 is 2.25 bits per heavy atom. The highest BCUT2D eigenvalue weighted by atomic mass is 16.3. The molecular formula is C17H23N5O2. The van der Waals surface area contributed by atoms with E-state index in [4.69, 9.17) is 0 Å². The fourth-order valence-electron chi connectivity index (χ4n) is 3.01. The summed E-state index contributed by atoms with van der Waals surface area (Å²) in [5.41, 5.74) is 0.964. The number of amides is 1. The van der Waals surface area contributed by atoms with Crippen LogP contribution in [0.25, 0.3) is 0 Å². The van der Waals surface area contributed by atoms with Gasteiger partial charge in [-0.05, 0) is 31.9 Å². The first-order valence-corrected chi connectivity index (χ1v) is 8.31. The zero-order valence-corrected chi connectivity index (χ0v) is 14.3. The minimum Gasteiger partial charge on any atom is -0.381 e. The van der Waals surface area contributed by atoms with Crippen LogP contribution < -0.4 is 0 Å². The van der Waals surface area contributed by atoms with Gasteiger partial charge in [0, 0.05) is 37.0 Å². The van der Waals surface area contributed by atoms with Crippen molar-refractivity contribution in [1.82, 2.24) is 24.9 Å². The first kappa shape index (κ1) is 16.6. The topological polar surface area (TPSA) is 84.1 Å². The molecule has 2 aromatic heterocycles. The van der Waals surface area contributed by atoms with Crippen molar-refractivity contribution < 1.29 is 9.90 Å². The van der Waals surface area contributed by atoms with E-state index in [9.17, 15) is 9.90 Å². The van der Waals surface area contributed by atoms with Crippen molar-refractivity contribution in [2.45, 2.75) is 45.3 Å². The van der Waals surface area contributed by atoms with Crippen LogP contribution in [-0.4, -0.2) is 49.0 Å². The zero-order valence-electron chi connectivity index (χ0n) is 14.3. The molecule has 1 aliphatic rings. The third-order valence-corrected chi connectivity index (χ3v) is 4.57. The molecule has 0 spiro atoms. The van der Waals surface area contributed by atoms with Gasteiger partial charge in [0.1, 0.15) is 11.3 Å². The van der Waals surface area contributed by atoms with Gasteiger partial charge >= 0.3 is 0 Å². The second kappa shape index (κ2) is 6.32. The Hall–Kier alpha value is -2.28. The number of carbonyl (C=O) groups is 1. The first-order valence-electron chi connectivity index (χ1n) is 8.31. The highest BCUT2D eigenvalue weighted by Gasteiger charge is 2.42. The number of aromatic nitrogens is 4. The maximum absolute atomic E-state index is 12.8. The Morgan fingerprint density at radius 3 is 2.92 bits per heavy atom. The summed E-state index contributed by atoms with van der Waals surface area (Å²) >= 11 is 0. The summed E-state index contributed by atoms with van der Waals surface area (Å²) in [6.45, 7) is 6.73. The molecule has 1 saturated heterocycles. The molecule has 3 heterocycles. The smallest absolute Gasteiger partial charge is 0.254 e. The third-order valence-electron chi connectivity index (χ3n) is 4.57. The molecule has 0 aliphatic carbocycles.